The van der Waals surface area contributed by atoms with E-state index in [1.807, 2.05) is 0 Å². The Bertz CT molecular complexity index is 1040. The first-order valence-corrected chi connectivity index (χ1v) is 10.2. The highest BCUT2D eigenvalue weighted by Gasteiger charge is 2.12. The van der Waals surface area contributed by atoms with Crippen LogP contribution in [0.1, 0.15) is 22.8 Å². The summed E-state index contributed by atoms with van der Waals surface area (Å²) < 4.78 is 25.8. The van der Waals surface area contributed by atoms with Gasteiger partial charge in [-0.15, -0.1) is 0 Å². The highest BCUT2D eigenvalue weighted by Crippen LogP contribution is 2.28. The second kappa shape index (κ2) is 13.3. The van der Waals surface area contributed by atoms with Gasteiger partial charge in [0, 0.05) is 5.56 Å². The third-order valence-electron chi connectivity index (χ3n) is 4.30. The summed E-state index contributed by atoms with van der Waals surface area (Å²) in [7, 11) is 4.23. The van der Waals surface area contributed by atoms with Gasteiger partial charge in [0.25, 0.3) is 11.8 Å². The number of nitrogens with zero attached hydrogens (tertiary/aromatic N) is 1. The number of methoxy groups -OCH3 is 3. The van der Waals surface area contributed by atoms with Gasteiger partial charge in [0.2, 0.25) is 0 Å². The fourth-order valence-corrected chi connectivity index (χ4v) is 2.65. The van der Waals surface area contributed by atoms with Gasteiger partial charge in [-0.25, -0.2) is 10.2 Å². The van der Waals surface area contributed by atoms with Crippen molar-refractivity contribution in [3.05, 3.63) is 47.5 Å². The molecule has 11 heteroatoms. The average molecular weight is 473 g/mol. The van der Waals surface area contributed by atoms with Crippen molar-refractivity contribution in [1.82, 2.24) is 10.7 Å². The molecule has 2 aromatic rings. The number of rotatable bonds is 12. The maximum atomic E-state index is 12.3. The number of carbonyl (C=O) groups excluding carboxylic acids is 3. The second-order valence-corrected chi connectivity index (χ2v) is 6.55. The van der Waals surface area contributed by atoms with Crippen LogP contribution in [-0.4, -0.2) is 65.1 Å². The van der Waals surface area contributed by atoms with Crippen molar-refractivity contribution in [3.63, 3.8) is 0 Å². The number of amides is 2. The molecule has 0 aliphatic heterocycles. The van der Waals surface area contributed by atoms with Crippen molar-refractivity contribution in [2.45, 2.75) is 6.92 Å². The molecule has 0 unspecified atom stereocenters. The molecule has 0 radical (unpaired) electrons. The minimum atomic E-state index is -0.520. The number of hydrogen-bond acceptors (Lipinski definition) is 9. The van der Waals surface area contributed by atoms with E-state index < -0.39 is 17.8 Å². The fourth-order valence-electron chi connectivity index (χ4n) is 2.65. The highest BCUT2D eigenvalue weighted by atomic mass is 16.6. The van der Waals surface area contributed by atoms with E-state index in [1.165, 1.54) is 33.6 Å². The lowest BCUT2D eigenvalue weighted by Gasteiger charge is -2.11. The van der Waals surface area contributed by atoms with Crippen molar-refractivity contribution >= 4 is 24.0 Å². The molecule has 2 N–H and O–H groups in total. The van der Waals surface area contributed by atoms with Crippen LogP contribution in [0.5, 0.6) is 23.0 Å². The van der Waals surface area contributed by atoms with Gasteiger partial charge in [-0.3, -0.25) is 9.59 Å². The Labute approximate surface area is 197 Å². The molecule has 0 spiro atoms. The maximum Gasteiger partial charge on any atom is 0.343 e. The first kappa shape index (κ1) is 26.0. The van der Waals surface area contributed by atoms with Gasteiger partial charge in [0.1, 0.15) is 0 Å². The molecule has 11 nitrogen and oxygen atoms in total. The number of hydrogen-bond donors (Lipinski definition) is 2. The van der Waals surface area contributed by atoms with Gasteiger partial charge >= 0.3 is 5.97 Å². The molecule has 0 aromatic heterocycles. The third kappa shape index (κ3) is 7.69. The minimum absolute atomic E-state index is 0.255. The summed E-state index contributed by atoms with van der Waals surface area (Å²) in [5.74, 6) is 0.167. The van der Waals surface area contributed by atoms with Crippen molar-refractivity contribution in [2.75, 3.05) is 41.1 Å². The van der Waals surface area contributed by atoms with Crippen LogP contribution >= 0.6 is 0 Å². The van der Waals surface area contributed by atoms with Gasteiger partial charge in [-0.05, 0) is 48.9 Å². The third-order valence-corrected chi connectivity index (χ3v) is 4.30. The lowest BCUT2D eigenvalue weighted by atomic mass is 10.2. The summed E-state index contributed by atoms with van der Waals surface area (Å²) >= 11 is 0. The lowest BCUT2D eigenvalue weighted by molar-refractivity contribution is -0.142. The second-order valence-electron chi connectivity index (χ2n) is 6.55. The van der Waals surface area contributed by atoms with E-state index in [1.54, 1.807) is 37.3 Å². The molecule has 182 valence electrons. The molecular weight excluding hydrogens is 446 g/mol. The SMILES string of the molecule is CCOc1cc(/C=N\NC(=O)CNC(=O)c2ccc(OC)c(OC)c2)ccc1OCC(=O)OC. The zero-order chi connectivity index (χ0) is 24.9. The van der Waals surface area contributed by atoms with Crippen LogP contribution in [0, 0.1) is 0 Å². The minimum Gasteiger partial charge on any atom is -0.493 e. The first-order chi connectivity index (χ1) is 16.4. The molecule has 2 aromatic carbocycles. The van der Waals surface area contributed by atoms with Crippen LogP contribution in [0.25, 0.3) is 0 Å². The van der Waals surface area contributed by atoms with Crippen molar-refractivity contribution in [3.8, 4) is 23.0 Å². The van der Waals surface area contributed by atoms with Gasteiger partial charge in [0.05, 0.1) is 40.7 Å². The summed E-state index contributed by atoms with van der Waals surface area (Å²) in [4.78, 5) is 35.6. The highest BCUT2D eigenvalue weighted by molar-refractivity contribution is 5.97. The molecule has 0 heterocycles. The van der Waals surface area contributed by atoms with E-state index in [0.717, 1.165) is 0 Å². The maximum absolute atomic E-state index is 12.3. The average Bonchev–Trinajstić information content (AvgIpc) is 2.86. The molecule has 0 bridgehead atoms. The van der Waals surface area contributed by atoms with Crippen LogP contribution in [0.3, 0.4) is 0 Å². The number of benzene rings is 2. The summed E-state index contributed by atoms with van der Waals surface area (Å²) in [6, 6.07) is 9.59. The van der Waals surface area contributed by atoms with Crippen molar-refractivity contribution < 1.29 is 38.1 Å². The van der Waals surface area contributed by atoms with Crippen molar-refractivity contribution in [2.24, 2.45) is 5.10 Å². The summed E-state index contributed by atoms with van der Waals surface area (Å²) in [6.07, 6.45) is 1.40. The van der Waals surface area contributed by atoms with E-state index in [2.05, 4.69) is 20.6 Å². The normalized spacial score (nSPS) is 10.4. The smallest absolute Gasteiger partial charge is 0.343 e. The summed E-state index contributed by atoms with van der Waals surface area (Å²) in [5, 5.41) is 6.38. The molecule has 0 aliphatic rings. The van der Waals surface area contributed by atoms with Gasteiger partial charge in [0.15, 0.2) is 29.6 Å². The molecule has 0 saturated heterocycles. The Balaban J connectivity index is 1.91. The van der Waals surface area contributed by atoms with Crippen molar-refractivity contribution in [1.29, 1.82) is 0 Å². The Kier molecular flexibility index (Phi) is 10.2. The Morgan fingerprint density at radius 1 is 0.912 bits per heavy atom. The van der Waals surface area contributed by atoms with E-state index in [4.69, 9.17) is 18.9 Å². The zero-order valence-corrected chi connectivity index (χ0v) is 19.4. The Hall–Kier alpha value is -4.28. The monoisotopic (exact) mass is 473 g/mol. The standard InChI is InChI=1S/C23H27N3O8/c1-5-33-20-10-15(6-8-18(20)34-14-22(28)32-4)12-25-26-21(27)13-24-23(29)16-7-9-17(30-2)19(11-16)31-3/h6-12H,5,13-14H2,1-4H3,(H,24,29)(H,26,27)/b25-12-. The van der Waals surface area contributed by atoms with Crippen LogP contribution in [0.15, 0.2) is 41.5 Å². The van der Waals surface area contributed by atoms with Crippen LogP contribution in [0.4, 0.5) is 0 Å². The van der Waals surface area contributed by atoms with Crippen LogP contribution in [-0.2, 0) is 14.3 Å². The van der Waals surface area contributed by atoms with Gasteiger partial charge in [-0.1, -0.05) is 0 Å². The van der Waals surface area contributed by atoms with Gasteiger partial charge in [-0.2, -0.15) is 5.10 Å². The predicted octanol–water partition coefficient (Wildman–Crippen LogP) is 1.53. The van der Waals surface area contributed by atoms with E-state index >= 15 is 0 Å². The zero-order valence-electron chi connectivity index (χ0n) is 19.4. The lowest BCUT2D eigenvalue weighted by Crippen LogP contribution is -2.34. The largest absolute Gasteiger partial charge is 0.493 e. The van der Waals surface area contributed by atoms with E-state index in [9.17, 15) is 14.4 Å². The number of nitrogens with one attached hydrogen (secondary N) is 2. The van der Waals surface area contributed by atoms with Crippen LogP contribution < -0.4 is 29.7 Å². The predicted molar refractivity (Wildman–Crippen MR) is 123 cm³/mol. The fraction of sp³-hybridized carbons (Fsp3) is 0.304. The number of esters is 1. The Morgan fingerprint density at radius 3 is 2.32 bits per heavy atom. The molecular formula is C23H27N3O8. The number of ether oxygens (including phenoxy) is 5. The molecule has 2 rings (SSSR count). The van der Waals surface area contributed by atoms with Crippen LogP contribution in [0.2, 0.25) is 0 Å². The molecule has 0 atom stereocenters. The molecule has 34 heavy (non-hydrogen) atoms. The quantitative estimate of drug-likeness (QED) is 0.269. The number of carbonyl (C=O) groups is 3. The van der Waals surface area contributed by atoms with E-state index in [0.29, 0.717) is 40.7 Å². The molecule has 0 fully saturated rings. The molecule has 2 amide bonds. The van der Waals surface area contributed by atoms with Gasteiger partial charge < -0.3 is 29.0 Å². The summed E-state index contributed by atoms with van der Waals surface area (Å²) in [5.41, 5.74) is 3.26. The summed E-state index contributed by atoms with van der Waals surface area (Å²) in [6.45, 7) is 1.65. The first-order valence-electron chi connectivity index (χ1n) is 10.2. The number of hydrazone groups is 1. The van der Waals surface area contributed by atoms with E-state index in [-0.39, 0.29) is 13.2 Å². The Morgan fingerprint density at radius 2 is 1.65 bits per heavy atom. The molecule has 0 aliphatic carbocycles. The molecule has 0 saturated carbocycles. The topological polar surface area (TPSA) is 134 Å².